The normalized spacial score (nSPS) is 19.4. The van der Waals surface area contributed by atoms with E-state index in [9.17, 15) is 4.39 Å². The minimum atomic E-state index is -0.282. The summed E-state index contributed by atoms with van der Waals surface area (Å²) < 4.78 is 19.2. The van der Waals surface area contributed by atoms with E-state index in [0.717, 1.165) is 17.5 Å². The summed E-state index contributed by atoms with van der Waals surface area (Å²) in [6, 6.07) is 13.0. The van der Waals surface area contributed by atoms with Crippen molar-refractivity contribution in [3.05, 3.63) is 70.5 Å². The second-order valence-corrected chi connectivity index (χ2v) is 5.27. The molecule has 0 saturated carbocycles. The molecule has 0 saturated heterocycles. The molecule has 0 aliphatic carbocycles. The van der Waals surface area contributed by atoms with Crippen molar-refractivity contribution in [2.24, 2.45) is 5.73 Å². The number of aryl methyl sites for hydroxylation is 1. The molecule has 1 aliphatic rings. The van der Waals surface area contributed by atoms with E-state index in [0.29, 0.717) is 12.2 Å². The largest absolute Gasteiger partial charge is 0.371 e. The van der Waals surface area contributed by atoms with Crippen molar-refractivity contribution in [2.45, 2.75) is 25.5 Å². The van der Waals surface area contributed by atoms with Gasteiger partial charge in [0, 0.05) is 0 Å². The van der Waals surface area contributed by atoms with Crippen molar-refractivity contribution in [3.8, 4) is 0 Å². The SMILES string of the molecule is Cc1cc(C(N)C2OCCc3ccccc32)ccc1F. The summed E-state index contributed by atoms with van der Waals surface area (Å²) >= 11 is 0. The van der Waals surface area contributed by atoms with Gasteiger partial charge >= 0.3 is 0 Å². The van der Waals surface area contributed by atoms with Gasteiger partial charge in [0.2, 0.25) is 0 Å². The standard InChI is InChI=1S/C17H18FNO/c1-11-10-13(6-7-15(11)18)16(19)17-14-5-3-2-4-12(14)8-9-20-17/h2-7,10,16-17H,8-9,19H2,1H3. The van der Waals surface area contributed by atoms with Crippen LogP contribution in [0.2, 0.25) is 0 Å². The highest BCUT2D eigenvalue weighted by Gasteiger charge is 2.27. The first-order chi connectivity index (χ1) is 9.66. The predicted molar refractivity (Wildman–Crippen MR) is 76.9 cm³/mol. The molecule has 3 heteroatoms. The molecule has 1 aliphatic heterocycles. The first kappa shape index (κ1) is 13.3. The average Bonchev–Trinajstić information content (AvgIpc) is 2.49. The Labute approximate surface area is 118 Å². The van der Waals surface area contributed by atoms with Crippen molar-refractivity contribution in [2.75, 3.05) is 6.61 Å². The van der Waals surface area contributed by atoms with E-state index >= 15 is 0 Å². The number of benzene rings is 2. The zero-order valence-electron chi connectivity index (χ0n) is 11.5. The van der Waals surface area contributed by atoms with Gasteiger partial charge in [-0.05, 0) is 41.7 Å². The fourth-order valence-electron chi connectivity index (χ4n) is 2.77. The van der Waals surface area contributed by atoms with E-state index in [1.165, 1.54) is 11.6 Å². The Kier molecular flexibility index (Phi) is 3.55. The van der Waals surface area contributed by atoms with Crippen LogP contribution in [0, 0.1) is 12.7 Å². The number of nitrogens with two attached hydrogens (primary N) is 1. The third kappa shape index (κ3) is 2.35. The number of hydrogen-bond donors (Lipinski definition) is 1. The van der Waals surface area contributed by atoms with Gasteiger partial charge in [-0.3, -0.25) is 0 Å². The summed E-state index contributed by atoms with van der Waals surface area (Å²) in [5.41, 5.74) is 10.3. The molecule has 3 rings (SSSR count). The molecular weight excluding hydrogens is 253 g/mol. The Morgan fingerprint density at radius 2 is 2.05 bits per heavy atom. The third-order valence-electron chi connectivity index (χ3n) is 3.92. The van der Waals surface area contributed by atoms with Crippen LogP contribution in [0.3, 0.4) is 0 Å². The lowest BCUT2D eigenvalue weighted by Crippen LogP contribution is -2.27. The van der Waals surface area contributed by atoms with Crippen molar-refractivity contribution in [1.29, 1.82) is 0 Å². The van der Waals surface area contributed by atoms with E-state index in [-0.39, 0.29) is 18.0 Å². The van der Waals surface area contributed by atoms with E-state index < -0.39 is 0 Å². The van der Waals surface area contributed by atoms with Crippen molar-refractivity contribution < 1.29 is 9.13 Å². The second-order valence-electron chi connectivity index (χ2n) is 5.27. The van der Waals surface area contributed by atoms with Gasteiger partial charge in [0.15, 0.2) is 0 Å². The zero-order valence-corrected chi connectivity index (χ0v) is 11.5. The minimum Gasteiger partial charge on any atom is -0.371 e. The lowest BCUT2D eigenvalue weighted by molar-refractivity contribution is 0.0241. The number of fused-ring (bicyclic) bond motifs is 1. The first-order valence-electron chi connectivity index (χ1n) is 6.88. The van der Waals surface area contributed by atoms with Gasteiger partial charge in [-0.1, -0.05) is 36.4 Å². The van der Waals surface area contributed by atoms with Crippen LogP contribution in [0.5, 0.6) is 0 Å². The minimum absolute atomic E-state index is 0.162. The number of hydrogen-bond acceptors (Lipinski definition) is 2. The van der Waals surface area contributed by atoms with Crippen molar-refractivity contribution in [1.82, 2.24) is 0 Å². The highest BCUT2D eigenvalue weighted by molar-refractivity contribution is 5.35. The van der Waals surface area contributed by atoms with Crippen LogP contribution in [-0.2, 0) is 11.2 Å². The fourth-order valence-corrected chi connectivity index (χ4v) is 2.77. The molecule has 104 valence electrons. The fraction of sp³-hybridized carbons (Fsp3) is 0.294. The van der Waals surface area contributed by atoms with Gasteiger partial charge in [0.05, 0.1) is 12.6 Å². The number of halogens is 1. The summed E-state index contributed by atoms with van der Waals surface area (Å²) in [7, 11) is 0. The Balaban J connectivity index is 1.95. The van der Waals surface area contributed by atoms with Crippen LogP contribution >= 0.6 is 0 Å². The topological polar surface area (TPSA) is 35.2 Å². The van der Waals surface area contributed by atoms with Crippen LogP contribution in [-0.4, -0.2) is 6.61 Å². The van der Waals surface area contributed by atoms with E-state index in [1.807, 2.05) is 12.1 Å². The van der Waals surface area contributed by atoms with Crippen LogP contribution in [0.15, 0.2) is 42.5 Å². The Bertz CT molecular complexity index is 626. The first-order valence-corrected chi connectivity index (χ1v) is 6.88. The molecule has 0 aromatic heterocycles. The highest BCUT2D eigenvalue weighted by Crippen LogP contribution is 2.35. The van der Waals surface area contributed by atoms with Crippen molar-refractivity contribution >= 4 is 0 Å². The lowest BCUT2D eigenvalue weighted by Gasteiger charge is -2.30. The molecule has 2 aromatic rings. The van der Waals surface area contributed by atoms with Gasteiger partial charge in [-0.25, -0.2) is 4.39 Å². The van der Waals surface area contributed by atoms with Crippen LogP contribution in [0.1, 0.15) is 34.4 Å². The molecule has 2 N–H and O–H groups in total. The maximum absolute atomic E-state index is 13.4. The van der Waals surface area contributed by atoms with Crippen LogP contribution < -0.4 is 5.73 Å². The maximum atomic E-state index is 13.4. The monoisotopic (exact) mass is 271 g/mol. The molecule has 0 amide bonds. The molecule has 2 aromatic carbocycles. The molecule has 2 nitrogen and oxygen atoms in total. The summed E-state index contributed by atoms with van der Waals surface area (Å²) in [4.78, 5) is 0. The van der Waals surface area contributed by atoms with Gasteiger partial charge in [-0.2, -0.15) is 0 Å². The molecule has 20 heavy (non-hydrogen) atoms. The van der Waals surface area contributed by atoms with E-state index in [4.69, 9.17) is 10.5 Å². The summed E-state index contributed by atoms with van der Waals surface area (Å²) in [5.74, 6) is -0.203. The highest BCUT2D eigenvalue weighted by atomic mass is 19.1. The second kappa shape index (κ2) is 5.35. The summed E-state index contributed by atoms with van der Waals surface area (Å²) in [6.45, 7) is 2.43. The van der Waals surface area contributed by atoms with Gasteiger partial charge in [-0.15, -0.1) is 0 Å². The molecule has 1 heterocycles. The predicted octanol–water partition coefficient (Wildman–Crippen LogP) is 3.45. The molecule has 0 spiro atoms. The molecule has 0 radical (unpaired) electrons. The van der Waals surface area contributed by atoms with Crippen LogP contribution in [0.25, 0.3) is 0 Å². The quantitative estimate of drug-likeness (QED) is 0.908. The maximum Gasteiger partial charge on any atom is 0.126 e. The Hall–Kier alpha value is -1.71. The lowest BCUT2D eigenvalue weighted by atomic mass is 9.90. The zero-order chi connectivity index (χ0) is 14.1. The Morgan fingerprint density at radius 1 is 1.25 bits per heavy atom. The van der Waals surface area contributed by atoms with Crippen LogP contribution in [0.4, 0.5) is 4.39 Å². The van der Waals surface area contributed by atoms with E-state index in [2.05, 4.69) is 12.1 Å². The molecule has 0 bridgehead atoms. The summed E-state index contributed by atoms with van der Waals surface area (Å²) in [5, 5.41) is 0. The molecule has 2 unspecified atom stereocenters. The number of ether oxygens (including phenoxy) is 1. The molecule has 0 fully saturated rings. The van der Waals surface area contributed by atoms with Gasteiger partial charge < -0.3 is 10.5 Å². The summed E-state index contributed by atoms with van der Waals surface area (Å²) in [6.07, 6.45) is 0.756. The smallest absolute Gasteiger partial charge is 0.126 e. The third-order valence-corrected chi connectivity index (χ3v) is 3.92. The van der Waals surface area contributed by atoms with E-state index in [1.54, 1.807) is 19.1 Å². The van der Waals surface area contributed by atoms with Crippen molar-refractivity contribution in [3.63, 3.8) is 0 Å². The Morgan fingerprint density at radius 3 is 2.85 bits per heavy atom. The number of rotatable bonds is 2. The average molecular weight is 271 g/mol. The van der Waals surface area contributed by atoms with Gasteiger partial charge in [0.1, 0.15) is 11.9 Å². The molecular formula is C17H18FNO. The van der Waals surface area contributed by atoms with Gasteiger partial charge in [0.25, 0.3) is 0 Å². The molecule has 2 atom stereocenters.